The third kappa shape index (κ3) is 5.75. The van der Waals surface area contributed by atoms with Gasteiger partial charge in [0.2, 0.25) is 0 Å². The maximum absolute atomic E-state index is 12.2. The number of hydrogen-bond acceptors (Lipinski definition) is 3. The van der Waals surface area contributed by atoms with Crippen LogP contribution in [0.4, 0.5) is 0 Å². The number of carbonyl (C=O) groups excluding carboxylic acids is 2. The number of hydrogen-bond donors (Lipinski definition) is 1. The Morgan fingerprint density at radius 3 is 2.32 bits per heavy atom. The first-order valence-corrected chi connectivity index (χ1v) is 8.58. The lowest BCUT2D eigenvalue weighted by Crippen LogP contribution is -2.41. The highest BCUT2D eigenvalue weighted by Crippen LogP contribution is 2.10. The van der Waals surface area contributed by atoms with Crippen molar-refractivity contribution in [2.45, 2.75) is 45.8 Å². The van der Waals surface area contributed by atoms with Crippen molar-refractivity contribution in [3.05, 3.63) is 71.3 Å². The minimum Gasteiger partial charge on any atom is -0.449 e. The van der Waals surface area contributed by atoms with E-state index in [1.54, 1.807) is 19.1 Å². The molecule has 0 aliphatic heterocycles. The highest BCUT2D eigenvalue weighted by Gasteiger charge is 2.21. The van der Waals surface area contributed by atoms with Gasteiger partial charge in [-0.05, 0) is 50.8 Å². The van der Waals surface area contributed by atoms with Crippen LogP contribution in [0.1, 0.15) is 41.8 Å². The van der Waals surface area contributed by atoms with Gasteiger partial charge < -0.3 is 10.1 Å². The Morgan fingerprint density at radius 2 is 1.64 bits per heavy atom. The van der Waals surface area contributed by atoms with Crippen LogP contribution >= 0.6 is 0 Å². The summed E-state index contributed by atoms with van der Waals surface area (Å²) in [7, 11) is 0. The number of esters is 1. The van der Waals surface area contributed by atoms with Crippen LogP contribution in [0.25, 0.3) is 0 Å². The minimum absolute atomic E-state index is 0.00678. The highest BCUT2D eigenvalue weighted by atomic mass is 16.5. The predicted octanol–water partition coefficient (Wildman–Crippen LogP) is 3.68. The third-order valence-corrected chi connectivity index (χ3v) is 4.12. The van der Waals surface area contributed by atoms with Crippen LogP contribution in [0.2, 0.25) is 0 Å². The van der Waals surface area contributed by atoms with Crippen LogP contribution < -0.4 is 5.32 Å². The Kier molecular flexibility index (Phi) is 6.75. The average Bonchev–Trinajstić information content (AvgIpc) is 2.61. The van der Waals surface area contributed by atoms with Crippen molar-refractivity contribution in [3.8, 4) is 0 Å². The van der Waals surface area contributed by atoms with Gasteiger partial charge in [0.25, 0.3) is 5.91 Å². The van der Waals surface area contributed by atoms with Crippen LogP contribution in [0.5, 0.6) is 0 Å². The van der Waals surface area contributed by atoms with E-state index in [1.807, 2.05) is 44.2 Å². The number of benzene rings is 2. The zero-order chi connectivity index (χ0) is 18.2. The van der Waals surface area contributed by atoms with Crippen LogP contribution in [-0.4, -0.2) is 24.0 Å². The summed E-state index contributed by atoms with van der Waals surface area (Å²) in [5.74, 6) is -0.750. The maximum Gasteiger partial charge on any atom is 0.339 e. The lowest BCUT2D eigenvalue weighted by molar-refractivity contribution is -0.129. The largest absolute Gasteiger partial charge is 0.449 e. The molecule has 0 saturated carbocycles. The lowest BCUT2D eigenvalue weighted by atomic mass is 10.1. The van der Waals surface area contributed by atoms with E-state index < -0.39 is 12.1 Å². The van der Waals surface area contributed by atoms with Gasteiger partial charge in [-0.25, -0.2) is 4.79 Å². The molecule has 2 aromatic rings. The summed E-state index contributed by atoms with van der Waals surface area (Å²) in [4.78, 5) is 24.4. The molecule has 4 heteroatoms. The van der Waals surface area contributed by atoms with E-state index in [0.29, 0.717) is 5.56 Å². The first kappa shape index (κ1) is 18.7. The SMILES string of the molecule is Cc1ccccc1C(=O)O[C@@H](C)C(=O)N[C@H](C)CCc1ccccc1. The van der Waals surface area contributed by atoms with Crippen molar-refractivity contribution in [2.24, 2.45) is 0 Å². The smallest absolute Gasteiger partial charge is 0.339 e. The molecule has 0 heterocycles. The van der Waals surface area contributed by atoms with Gasteiger partial charge in [0.05, 0.1) is 5.56 Å². The zero-order valence-corrected chi connectivity index (χ0v) is 15.0. The molecule has 0 spiro atoms. The molecule has 0 saturated heterocycles. The molecule has 0 fully saturated rings. The molecule has 2 atom stereocenters. The quantitative estimate of drug-likeness (QED) is 0.783. The van der Waals surface area contributed by atoms with Crippen LogP contribution in [0.15, 0.2) is 54.6 Å². The van der Waals surface area contributed by atoms with Gasteiger partial charge in [-0.15, -0.1) is 0 Å². The molecule has 0 unspecified atom stereocenters. The average molecular weight is 339 g/mol. The van der Waals surface area contributed by atoms with Crippen LogP contribution in [-0.2, 0) is 16.0 Å². The van der Waals surface area contributed by atoms with Crippen molar-refractivity contribution in [1.82, 2.24) is 5.32 Å². The minimum atomic E-state index is -0.828. The fourth-order valence-electron chi connectivity index (χ4n) is 2.54. The molecule has 4 nitrogen and oxygen atoms in total. The topological polar surface area (TPSA) is 55.4 Å². The van der Waals surface area contributed by atoms with Gasteiger partial charge in [0, 0.05) is 6.04 Å². The molecule has 1 N–H and O–H groups in total. The second-order valence-corrected chi connectivity index (χ2v) is 6.30. The molecule has 25 heavy (non-hydrogen) atoms. The summed E-state index contributed by atoms with van der Waals surface area (Å²) >= 11 is 0. The fraction of sp³-hybridized carbons (Fsp3) is 0.333. The van der Waals surface area contributed by atoms with Gasteiger partial charge in [0.15, 0.2) is 6.10 Å². The highest BCUT2D eigenvalue weighted by molar-refractivity contribution is 5.93. The van der Waals surface area contributed by atoms with E-state index in [-0.39, 0.29) is 11.9 Å². The lowest BCUT2D eigenvalue weighted by Gasteiger charge is -2.18. The van der Waals surface area contributed by atoms with Gasteiger partial charge in [0.1, 0.15) is 0 Å². The second kappa shape index (κ2) is 9.02. The van der Waals surface area contributed by atoms with E-state index in [2.05, 4.69) is 17.4 Å². The van der Waals surface area contributed by atoms with Crippen molar-refractivity contribution in [2.75, 3.05) is 0 Å². The number of aryl methyl sites for hydroxylation is 2. The van der Waals surface area contributed by atoms with Crippen molar-refractivity contribution in [3.63, 3.8) is 0 Å². The Labute approximate surface area is 149 Å². The van der Waals surface area contributed by atoms with Crippen LogP contribution in [0.3, 0.4) is 0 Å². The summed E-state index contributed by atoms with van der Waals surface area (Å²) in [6.07, 6.45) is 0.889. The van der Waals surface area contributed by atoms with Gasteiger partial charge >= 0.3 is 5.97 Å². The molecular weight excluding hydrogens is 314 g/mol. The summed E-state index contributed by atoms with van der Waals surface area (Å²) in [5, 5.41) is 2.91. The molecule has 2 aromatic carbocycles. The molecule has 2 rings (SSSR count). The summed E-state index contributed by atoms with van der Waals surface area (Å²) < 4.78 is 5.29. The third-order valence-electron chi connectivity index (χ3n) is 4.12. The molecule has 132 valence electrons. The Hall–Kier alpha value is -2.62. The van der Waals surface area contributed by atoms with E-state index >= 15 is 0 Å². The molecule has 0 bridgehead atoms. The summed E-state index contributed by atoms with van der Waals surface area (Å²) in [6.45, 7) is 5.39. The molecule has 0 aromatic heterocycles. The number of ether oxygens (including phenoxy) is 1. The maximum atomic E-state index is 12.2. The summed E-state index contributed by atoms with van der Waals surface area (Å²) in [6, 6.07) is 17.3. The monoisotopic (exact) mass is 339 g/mol. The van der Waals surface area contributed by atoms with E-state index in [9.17, 15) is 9.59 Å². The normalized spacial score (nSPS) is 12.9. The Morgan fingerprint density at radius 1 is 1.00 bits per heavy atom. The van der Waals surface area contributed by atoms with Crippen LogP contribution in [0, 0.1) is 6.92 Å². The summed E-state index contributed by atoms with van der Waals surface area (Å²) in [5.41, 5.74) is 2.55. The van der Waals surface area contributed by atoms with Gasteiger partial charge in [-0.2, -0.15) is 0 Å². The first-order valence-electron chi connectivity index (χ1n) is 8.58. The van der Waals surface area contributed by atoms with Gasteiger partial charge in [-0.3, -0.25) is 4.79 Å². The molecule has 0 radical (unpaired) electrons. The van der Waals surface area contributed by atoms with Crippen molar-refractivity contribution in [1.29, 1.82) is 0 Å². The number of amides is 1. The van der Waals surface area contributed by atoms with Gasteiger partial charge in [-0.1, -0.05) is 48.5 Å². The second-order valence-electron chi connectivity index (χ2n) is 6.30. The first-order chi connectivity index (χ1) is 12.0. The van der Waals surface area contributed by atoms with E-state index in [4.69, 9.17) is 4.74 Å². The zero-order valence-electron chi connectivity index (χ0n) is 15.0. The molecule has 0 aliphatic carbocycles. The fourth-order valence-corrected chi connectivity index (χ4v) is 2.54. The van der Waals surface area contributed by atoms with E-state index in [1.165, 1.54) is 5.56 Å². The predicted molar refractivity (Wildman–Crippen MR) is 98.4 cm³/mol. The Balaban J connectivity index is 1.81. The Bertz CT molecular complexity index is 712. The van der Waals surface area contributed by atoms with E-state index in [0.717, 1.165) is 18.4 Å². The molecule has 0 aliphatic rings. The number of carbonyl (C=O) groups is 2. The van der Waals surface area contributed by atoms with Crippen molar-refractivity contribution < 1.29 is 14.3 Å². The number of rotatable bonds is 7. The molecular formula is C21H25NO3. The standard InChI is InChI=1S/C21H25NO3/c1-15-9-7-8-12-19(15)21(24)25-17(3)20(23)22-16(2)13-14-18-10-5-4-6-11-18/h4-12,16-17H,13-14H2,1-3H3,(H,22,23)/t16-,17+/m1/s1. The molecule has 1 amide bonds. The van der Waals surface area contributed by atoms with Crippen molar-refractivity contribution >= 4 is 11.9 Å². The number of nitrogens with one attached hydrogen (secondary N) is 1.